The van der Waals surface area contributed by atoms with E-state index in [1.807, 2.05) is 34.6 Å². The minimum Gasteiger partial charge on any atom is -0.446 e. The van der Waals surface area contributed by atoms with Crippen molar-refractivity contribution >= 4 is 17.4 Å². The maximum atomic E-state index is 11.9. The lowest BCUT2D eigenvalue weighted by Gasteiger charge is -2.26. The molecule has 1 aromatic heterocycles. The van der Waals surface area contributed by atoms with Gasteiger partial charge >= 0.3 is 6.09 Å². The first kappa shape index (κ1) is 18.9. The quantitative estimate of drug-likeness (QED) is 0.746. The average molecular weight is 330 g/mol. The molecule has 0 spiro atoms. The first-order valence-corrected chi connectivity index (χ1v) is 8.22. The summed E-state index contributed by atoms with van der Waals surface area (Å²) in [4.78, 5) is 16.0. The number of ether oxygens (including phenoxy) is 1. The number of rotatable bonds is 6. The van der Waals surface area contributed by atoms with Crippen LogP contribution in [-0.4, -0.2) is 32.9 Å². The number of amides is 1. The molecule has 0 radical (unpaired) electrons. The van der Waals surface area contributed by atoms with Gasteiger partial charge < -0.3 is 20.3 Å². The molecular weight excluding hydrogens is 304 g/mol. The molecule has 126 valence electrons. The summed E-state index contributed by atoms with van der Waals surface area (Å²) < 4.78 is 5.43. The number of aliphatic hydroxyl groups excluding tert-OH is 2. The third-order valence-electron chi connectivity index (χ3n) is 2.95. The molecule has 3 N–H and O–H groups in total. The molecule has 7 heteroatoms. The zero-order valence-electron chi connectivity index (χ0n) is 13.8. The number of carbonyl (C=O) groups excluding carboxylic acids is 1. The van der Waals surface area contributed by atoms with Crippen molar-refractivity contribution in [3.05, 3.63) is 16.1 Å². The minimum atomic E-state index is -0.819. The third kappa shape index (κ3) is 6.29. The minimum absolute atomic E-state index is 0.0673. The number of aromatic nitrogens is 1. The number of nitrogens with one attached hydrogen (secondary N) is 1. The molecule has 0 fully saturated rings. The third-order valence-corrected chi connectivity index (χ3v) is 3.95. The lowest BCUT2D eigenvalue weighted by molar-refractivity contribution is 0.0270. The van der Waals surface area contributed by atoms with Gasteiger partial charge in [-0.25, -0.2) is 9.78 Å². The Hall–Kier alpha value is -1.18. The topological polar surface area (TPSA) is 91.7 Å². The lowest BCUT2D eigenvalue weighted by atomic mass is 10.0. The van der Waals surface area contributed by atoms with Crippen molar-refractivity contribution in [2.45, 2.75) is 65.4 Å². The van der Waals surface area contributed by atoms with Crippen molar-refractivity contribution in [1.29, 1.82) is 0 Å². The molecule has 0 unspecified atom stereocenters. The number of aliphatic hydroxyl groups is 2. The molecule has 0 saturated carbocycles. The fraction of sp³-hybridized carbons (Fsp3) is 0.733. The van der Waals surface area contributed by atoms with E-state index >= 15 is 0 Å². The molecule has 0 saturated heterocycles. The molecule has 0 aliphatic carbocycles. The Balaban J connectivity index is 2.65. The summed E-state index contributed by atoms with van der Waals surface area (Å²) in [5.41, 5.74) is 0.161. The van der Waals surface area contributed by atoms with Gasteiger partial charge in [0.25, 0.3) is 0 Å². The summed E-state index contributed by atoms with van der Waals surface area (Å²) in [5.74, 6) is 0.0673. The van der Waals surface area contributed by atoms with Crippen LogP contribution in [0.4, 0.5) is 4.79 Å². The van der Waals surface area contributed by atoms with Gasteiger partial charge in [0, 0.05) is 17.3 Å². The second-order valence-corrected chi connectivity index (χ2v) is 7.54. The average Bonchev–Trinajstić information content (AvgIpc) is 2.84. The maximum absolute atomic E-state index is 11.9. The van der Waals surface area contributed by atoms with E-state index in [2.05, 4.69) is 10.3 Å². The smallest absolute Gasteiger partial charge is 0.407 e. The molecule has 2 atom stereocenters. The van der Waals surface area contributed by atoms with Gasteiger partial charge in [0.15, 0.2) is 0 Å². The van der Waals surface area contributed by atoms with Crippen molar-refractivity contribution < 1.29 is 19.7 Å². The fourth-order valence-electron chi connectivity index (χ4n) is 1.80. The first-order valence-electron chi connectivity index (χ1n) is 7.34. The number of hydrogen-bond donors (Lipinski definition) is 3. The summed E-state index contributed by atoms with van der Waals surface area (Å²) in [5, 5.41) is 24.2. The molecule has 1 heterocycles. The summed E-state index contributed by atoms with van der Waals surface area (Å²) in [7, 11) is 0. The Bertz CT molecular complexity index is 482. The van der Waals surface area contributed by atoms with Crippen molar-refractivity contribution in [3.8, 4) is 0 Å². The van der Waals surface area contributed by atoms with E-state index in [1.54, 1.807) is 5.38 Å². The Kier molecular flexibility index (Phi) is 6.77. The molecule has 0 aliphatic heterocycles. The molecule has 1 rings (SSSR count). The molecule has 6 nitrogen and oxygen atoms in total. The zero-order chi connectivity index (χ0) is 16.9. The monoisotopic (exact) mass is 330 g/mol. The van der Waals surface area contributed by atoms with Crippen molar-refractivity contribution in [1.82, 2.24) is 10.3 Å². The predicted molar refractivity (Wildman–Crippen MR) is 85.6 cm³/mol. The van der Waals surface area contributed by atoms with Crippen LogP contribution in [0.25, 0.3) is 0 Å². The van der Waals surface area contributed by atoms with E-state index < -0.39 is 18.3 Å². The number of alkyl carbamates (subject to hydrolysis) is 1. The van der Waals surface area contributed by atoms with E-state index in [0.717, 1.165) is 0 Å². The van der Waals surface area contributed by atoms with Crippen LogP contribution in [0, 0.1) is 5.92 Å². The Labute approximate surface area is 135 Å². The lowest BCUT2D eigenvalue weighted by Crippen LogP contribution is -2.43. The van der Waals surface area contributed by atoms with Crippen LogP contribution >= 0.6 is 11.3 Å². The second-order valence-electron chi connectivity index (χ2n) is 6.65. The Morgan fingerprint density at radius 1 is 1.45 bits per heavy atom. The molecule has 1 amide bonds. The predicted octanol–water partition coefficient (Wildman–Crippen LogP) is 2.61. The maximum Gasteiger partial charge on any atom is 0.407 e. The number of nitrogens with zero attached hydrogens (tertiary/aromatic N) is 1. The van der Waals surface area contributed by atoms with Gasteiger partial charge in [-0.15, -0.1) is 11.3 Å². The highest BCUT2D eigenvalue weighted by molar-refractivity contribution is 7.09. The molecule has 0 bridgehead atoms. The molecule has 1 aromatic rings. The Morgan fingerprint density at radius 3 is 2.55 bits per heavy atom. The van der Waals surface area contributed by atoms with E-state index in [1.165, 1.54) is 11.3 Å². The summed E-state index contributed by atoms with van der Waals surface area (Å²) in [6.07, 6.45) is -1.46. The van der Waals surface area contributed by atoms with Gasteiger partial charge in [-0.2, -0.15) is 0 Å². The molecule has 22 heavy (non-hydrogen) atoms. The highest BCUT2D eigenvalue weighted by atomic mass is 32.1. The molecular formula is C15H26N2O4S. The summed E-state index contributed by atoms with van der Waals surface area (Å²) in [6.45, 7) is 9.34. The van der Waals surface area contributed by atoms with Gasteiger partial charge in [-0.05, 0) is 26.7 Å². The number of hydrogen-bond acceptors (Lipinski definition) is 6. The van der Waals surface area contributed by atoms with Crippen LogP contribution < -0.4 is 5.32 Å². The van der Waals surface area contributed by atoms with E-state index in [4.69, 9.17) is 9.84 Å². The van der Waals surface area contributed by atoms with Crippen LogP contribution in [0.15, 0.2) is 5.38 Å². The second kappa shape index (κ2) is 7.89. The number of thiazole rings is 1. The van der Waals surface area contributed by atoms with Gasteiger partial charge in [0.05, 0.1) is 12.3 Å². The van der Waals surface area contributed by atoms with Crippen LogP contribution in [0.5, 0.6) is 0 Å². The van der Waals surface area contributed by atoms with Crippen molar-refractivity contribution in [2.75, 3.05) is 0 Å². The fourth-order valence-corrected chi connectivity index (χ4v) is 2.61. The molecule has 0 aromatic carbocycles. The van der Waals surface area contributed by atoms with Gasteiger partial charge in [0.2, 0.25) is 0 Å². The standard InChI is InChI=1S/C15H26N2O4S/c1-9(2)12(21-14(20)17-15(3,4)5)6-11(19)13-16-10(7-18)8-22-13/h8-9,11-12,18-19H,6-7H2,1-5H3,(H,17,20)/t11-,12-/m1/s1. The van der Waals surface area contributed by atoms with E-state index in [9.17, 15) is 9.90 Å². The van der Waals surface area contributed by atoms with Crippen molar-refractivity contribution in [2.24, 2.45) is 5.92 Å². The van der Waals surface area contributed by atoms with E-state index in [0.29, 0.717) is 10.7 Å². The largest absolute Gasteiger partial charge is 0.446 e. The van der Waals surface area contributed by atoms with Crippen LogP contribution in [0.1, 0.15) is 57.8 Å². The van der Waals surface area contributed by atoms with Crippen molar-refractivity contribution in [3.63, 3.8) is 0 Å². The van der Waals surface area contributed by atoms with E-state index in [-0.39, 0.29) is 24.5 Å². The SMILES string of the molecule is CC(C)[C@@H](C[C@@H](O)c1nc(CO)cs1)OC(=O)NC(C)(C)C. The normalized spacial score (nSPS) is 14.7. The van der Waals surface area contributed by atoms with Crippen LogP contribution in [-0.2, 0) is 11.3 Å². The molecule has 0 aliphatic rings. The number of carbonyl (C=O) groups is 1. The van der Waals surface area contributed by atoms with Gasteiger partial charge in [-0.3, -0.25) is 0 Å². The Morgan fingerprint density at radius 2 is 2.09 bits per heavy atom. The summed E-state index contributed by atoms with van der Waals surface area (Å²) in [6, 6.07) is 0. The van der Waals surface area contributed by atoms with Gasteiger partial charge in [0.1, 0.15) is 17.2 Å². The summed E-state index contributed by atoms with van der Waals surface area (Å²) >= 11 is 1.29. The van der Waals surface area contributed by atoms with Gasteiger partial charge in [-0.1, -0.05) is 13.8 Å². The zero-order valence-corrected chi connectivity index (χ0v) is 14.6. The van der Waals surface area contributed by atoms with Crippen LogP contribution in [0.2, 0.25) is 0 Å². The highest BCUT2D eigenvalue weighted by Crippen LogP contribution is 2.26. The van der Waals surface area contributed by atoms with Crippen LogP contribution in [0.3, 0.4) is 0 Å². The first-order chi connectivity index (χ1) is 10.1. The highest BCUT2D eigenvalue weighted by Gasteiger charge is 2.26.